The van der Waals surface area contributed by atoms with Crippen molar-refractivity contribution in [3.05, 3.63) is 51.3 Å². The van der Waals surface area contributed by atoms with Crippen LogP contribution in [-0.2, 0) is 17.5 Å². The number of nitrogens with zero attached hydrogens (tertiary/aromatic N) is 3. The lowest BCUT2D eigenvalue weighted by molar-refractivity contribution is -0.385. The molecule has 0 saturated heterocycles. The first-order chi connectivity index (χ1) is 10.7. The summed E-state index contributed by atoms with van der Waals surface area (Å²) >= 11 is 5.70. The lowest BCUT2D eigenvalue weighted by atomic mass is 10.2. The fourth-order valence-electron chi connectivity index (χ4n) is 1.66. The van der Waals surface area contributed by atoms with Crippen molar-refractivity contribution < 1.29 is 22.9 Å². The zero-order chi connectivity index (χ0) is 17.2. The summed E-state index contributed by atoms with van der Waals surface area (Å²) in [6, 6.07) is 2.49. The number of halogens is 4. The molecular formula is C12H8ClF3N4O3. The first kappa shape index (κ1) is 16.7. The quantitative estimate of drug-likeness (QED) is 0.679. The van der Waals surface area contributed by atoms with Crippen molar-refractivity contribution >= 4 is 28.9 Å². The zero-order valence-corrected chi connectivity index (χ0v) is 11.9. The largest absolute Gasteiger partial charge is 0.416 e. The van der Waals surface area contributed by atoms with Gasteiger partial charge in [0.1, 0.15) is 18.9 Å². The molecule has 1 heterocycles. The summed E-state index contributed by atoms with van der Waals surface area (Å²) < 4.78 is 38.5. The number of nitro groups is 1. The zero-order valence-electron chi connectivity index (χ0n) is 11.2. The fourth-order valence-corrected chi connectivity index (χ4v) is 1.89. The van der Waals surface area contributed by atoms with E-state index in [-0.39, 0.29) is 22.9 Å². The van der Waals surface area contributed by atoms with Crippen molar-refractivity contribution in [2.24, 2.45) is 0 Å². The maximum atomic E-state index is 12.5. The molecule has 2 aromatic rings. The minimum Gasteiger partial charge on any atom is -0.323 e. The van der Waals surface area contributed by atoms with Crippen LogP contribution in [0, 0.1) is 10.1 Å². The molecule has 0 fully saturated rings. The van der Waals surface area contributed by atoms with Crippen LogP contribution in [0.2, 0.25) is 5.02 Å². The number of rotatable bonds is 4. The van der Waals surface area contributed by atoms with Gasteiger partial charge < -0.3 is 5.32 Å². The van der Waals surface area contributed by atoms with Crippen molar-refractivity contribution in [3.8, 4) is 0 Å². The lowest BCUT2D eigenvalue weighted by Gasteiger charge is -2.11. The molecule has 1 amide bonds. The van der Waals surface area contributed by atoms with Gasteiger partial charge in [-0.1, -0.05) is 11.6 Å². The molecule has 0 saturated carbocycles. The highest BCUT2D eigenvalue weighted by Gasteiger charge is 2.31. The number of alkyl halides is 3. The Bertz CT molecular complexity index is 760. The van der Waals surface area contributed by atoms with E-state index in [1.807, 2.05) is 0 Å². The second-order valence-electron chi connectivity index (χ2n) is 4.39. The second-order valence-corrected chi connectivity index (χ2v) is 4.80. The number of amides is 1. The molecular weight excluding hydrogens is 341 g/mol. The molecule has 1 aromatic heterocycles. The Kier molecular flexibility index (Phi) is 4.55. The van der Waals surface area contributed by atoms with Crippen molar-refractivity contribution in [1.29, 1.82) is 0 Å². The number of hydrogen-bond donors (Lipinski definition) is 1. The normalized spacial score (nSPS) is 11.3. The lowest BCUT2D eigenvalue weighted by Crippen LogP contribution is -2.19. The third-order valence-electron chi connectivity index (χ3n) is 2.71. The number of carbonyl (C=O) groups excluding carboxylic acids is 1. The average molecular weight is 349 g/mol. The van der Waals surface area contributed by atoms with E-state index in [0.717, 1.165) is 29.2 Å². The van der Waals surface area contributed by atoms with E-state index in [9.17, 15) is 28.1 Å². The summed E-state index contributed by atoms with van der Waals surface area (Å²) in [6.07, 6.45) is -2.52. The van der Waals surface area contributed by atoms with Crippen molar-refractivity contribution in [1.82, 2.24) is 9.78 Å². The molecule has 0 unspecified atom stereocenters. The molecule has 11 heteroatoms. The van der Waals surface area contributed by atoms with Gasteiger partial charge in [-0.25, -0.2) is 0 Å². The number of aromatic nitrogens is 2. The summed E-state index contributed by atoms with van der Waals surface area (Å²) in [6.45, 7) is -0.356. The number of anilines is 1. The van der Waals surface area contributed by atoms with E-state index in [1.165, 1.54) is 0 Å². The highest BCUT2D eigenvalue weighted by Crippen LogP contribution is 2.33. The number of hydrogen-bond acceptors (Lipinski definition) is 4. The van der Waals surface area contributed by atoms with Gasteiger partial charge in [0.25, 0.3) is 0 Å². The van der Waals surface area contributed by atoms with Crippen LogP contribution in [0.15, 0.2) is 30.6 Å². The minimum atomic E-state index is -4.54. The van der Waals surface area contributed by atoms with Gasteiger partial charge in [-0.15, -0.1) is 0 Å². The van der Waals surface area contributed by atoms with E-state index in [0.29, 0.717) is 6.07 Å². The predicted molar refractivity (Wildman–Crippen MR) is 74.0 cm³/mol. The summed E-state index contributed by atoms with van der Waals surface area (Å²) in [4.78, 5) is 21.6. The Labute approximate surface area is 131 Å². The van der Waals surface area contributed by atoms with Gasteiger partial charge in [-0.05, 0) is 18.2 Å². The number of nitrogens with one attached hydrogen (secondary N) is 1. The van der Waals surface area contributed by atoms with Gasteiger partial charge in [0.2, 0.25) is 5.91 Å². The number of benzene rings is 1. The van der Waals surface area contributed by atoms with Crippen LogP contribution in [0.1, 0.15) is 5.56 Å². The summed E-state index contributed by atoms with van der Waals surface area (Å²) in [5.41, 5.74) is -1.24. The highest BCUT2D eigenvalue weighted by molar-refractivity contribution is 6.33. The predicted octanol–water partition coefficient (Wildman–Crippen LogP) is 3.10. The molecule has 0 atom stereocenters. The van der Waals surface area contributed by atoms with Crippen LogP contribution >= 0.6 is 11.6 Å². The van der Waals surface area contributed by atoms with Crippen LogP contribution in [0.25, 0.3) is 0 Å². The van der Waals surface area contributed by atoms with Crippen molar-refractivity contribution in [3.63, 3.8) is 0 Å². The minimum absolute atomic E-state index is 0.00803. The third-order valence-corrected chi connectivity index (χ3v) is 3.02. The standard InChI is InChI=1S/C12H8ClF3N4O3/c13-9-3-7(12(14,15)16)1-2-10(9)18-11(21)6-19-5-8(4-17-19)20(22)23/h1-5H,6H2,(H,18,21). The second kappa shape index (κ2) is 6.24. The monoisotopic (exact) mass is 348 g/mol. The maximum absolute atomic E-state index is 12.5. The molecule has 122 valence electrons. The van der Waals surface area contributed by atoms with Gasteiger partial charge in [0, 0.05) is 0 Å². The Balaban J connectivity index is 2.06. The molecule has 0 spiro atoms. The molecule has 0 aliphatic carbocycles. The Morgan fingerprint density at radius 2 is 2.13 bits per heavy atom. The van der Waals surface area contributed by atoms with Crippen molar-refractivity contribution in [2.75, 3.05) is 5.32 Å². The fraction of sp³-hybridized carbons (Fsp3) is 0.167. The van der Waals surface area contributed by atoms with Gasteiger partial charge in [-0.3, -0.25) is 19.6 Å². The summed E-state index contributed by atoms with van der Waals surface area (Å²) in [7, 11) is 0. The first-order valence-electron chi connectivity index (χ1n) is 6.00. The molecule has 7 nitrogen and oxygen atoms in total. The molecule has 1 aromatic carbocycles. The van der Waals surface area contributed by atoms with Crippen LogP contribution in [0.3, 0.4) is 0 Å². The molecule has 0 aliphatic heterocycles. The van der Waals surface area contributed by atoms with Gasteiger partial charge >= 0.3 is 11.9 Å². The molecule has 1 N–H and O–H groups in total. The Morgan fingerprint density at radius 1 is 1.43 bits per heavy atom. The van der Waals surface area contributed by atoms with E-state index >= 15 is 0 Å². The molecule has 2 rings (SSSR count). The third kappa shape index (κ3) is 4.19. The topological polar surface area (TPSA) is 90.1 Å². The molecule has 0 bridgehead atoms. The first-order valence-corrected chi connectivity index (χ1v) is 6.38. The van der Waals surface area contributed by atoms with E-state index in [2.05, 4.69) is 10.4 Å². The van der Waals surface area contributed by atoms with E-state index < -0.39 is 22.6 Å². The van der Waals surface area contributed by atoms with E-state index in [4.69, 9.17) is 11.6 Å². The van der Waals surface area contributed by atoms with Gasteiger partial charge in [-0.2, -0.15) is 18.3 Å². The Morgan fingerprint density at radius 3 is 2.65 bits per heavy atom. The summed E-state index contributed by atoms with van der Waals surface area (Å²) in [5, 5.41) is 16.1. The van der Waals surface area contributed by atoms with Crippen LogP contribution in [0.4, 0.5) is 24.5 Å². The van der Waals surface area contributed by atoms with Crippen LogP contribution in [-0.4, -0.2) is 20.6 Å². The number of carbonyl (C=O) groups is 1. The van der Waals surface area contributed by atoms with Gasteiger partial charge in [0.15, 0.2) is 0 Å². The smallest absolute Gasteiger partial charge is 0.323 e. The Hall–Kier alpha value is -2.62. The van der Waals surface area contributed by atoms with Crippen LogP contribution < -0.4 is 5.32 Å². The average Bonchev–Trinajstić information content (AvgIpc) is 2.88. The van der Waals surface area contributed by atoms with E-state index in [1.54, 1.807) is 0 Å². The molecule has 0 radical (unpaired) electrons. The van der Waals surface area contributed by atoms with Crippen LogP contribution in [0.5, 0.6) is 0 Å². The maximum Gasteiger partial charge on any atom is 0.416 e. The van der Waals surface area contributed by atoms with Crippen molar-refractivity contribution in [2.45, 2.75) is 12.7 Å². The molecule has 0 aliphatic rings. The summed E-state index contributed by atoms with van der Waals surface area (Å²) in [5.74, 6) is -0.648. The highest BCUT2D eigenvalue weighted by atomic mass is 35.5. The van der Waals surface area contributed by atoms with Gasteiger partial charge in [0.05, 0.1) is 21.2 Å². The SMILES string of the molecule is O=C(Cn1cc([N+](=O)[O-])cn1)Nc1ccc(C(F)(F)F)cc1Cl. The molecule has 23 heavy (non-hydrogen) atoms.